The van der Waals surface area contributed by atoms with Gasteiger partial charge in [0.1, 0.15) is 0 Å². The van der Waals surface area contributed by atoms with Gasteiger partial charge in [-0.05, 0) is 68.3 Å². The Kier molecular flexibility index (Phi) is 4.84. The zero-order chi connectivity index (χ0) is 26.9. The summed E-state index contributed by atoms with van der Waals surface area (Å²) in [5, 5.41) is 3.82. The second kappa shape index (κ2) is 8.72. The van der Waals surface area contributed by atoms with E-state index in [0.29, 0.717) is 0 Å². The molecule has 8 aromatic rings. The van der Waals surface area contributed by atoms with Gasteiger partial charge in [0, 0.05) is 37.3 Å². The van der Waals surface area contributed by atoms with Crippen molar-refractivity contribution in [1.82, 2.24) is 4.98 Å². The van der Waals surface area contributed by atoms with Crippen LogP contribution in [0.2, 0.25) is 0 Å². The second-order valence-corrected chi connectivity index (χ2v) is 11.7. The number of fused-ring (bicyclic) bond motifs is 13. The number of pyridine rings is 1. The number of nitrogens with zero attached hydrogens (tertiary/aromatic N) is 1. The predicted molar refractivity (Wildman–Crippen MR) is 175 cm³/mol. The molecule has 41 heavy (non-hydrogen) atoms. The van der Waals surface area contributed by atoms with E-state index in [0.717, 1.165) is 10.9 Å². The molecule has 0 fully saturated rings. The van der Waals surface area contributed by atoms with E-state index in [-0.39, 0.29) is 0 Å². The van der Waals surface area contributed by atoms with Crippen molar-refractivity contribution in [2.75, 3.05) is 0 Å². The van der Waals surface area contributed by atoms with Crippen LogP contribution in [-0.2, 0) is 0 Å². The van der Waals surface area contributed by atoms with Crippen LogP contribution in [0.25, 0.3) is 86.7 Å². The first-order valence-corrected chi connectivity index (χ1v) is 14.8. The van der Waals surface area contributed by atoms with Gasteiger partial charge in [-0.25, -0.2) is 0 Å². The van der Waals surface area contributed by atoms with Crippen molar-refractivity contribution < 1.29 is 0 Å². The average Bonchev–Trinajstić information content (AvgIpc) is 3.42. The highest BCUT2D eigenvalue weighted by atomic mass is 32.1. The summed E-state index contributed by atoms with van der Waals surface area (Å²) in [5.74, 6) is 0. The van der Waals surface area contributed by atoms with Crippen LogP contribution in [-0.4, -0.2) is 4.98 Å². The minimum Gasteiger partial charge on any atom is -0.256 e. The molecule has 6 aromatic carbocycles. The van der Waals surface area contributed by atoms with E-state index < -0.39 is 0 Å². The standard InChI is InChI=1S/C39H23NS/c1-2-12-29-27(10-1)33-21-18-24-9-8-22-40-38(24)37(33)32-14-4-3-11-28(32)30-20-19-25(23-35(29)30)26-15-7-16-34-31-13-5-6-17-36(31)41-39(26)34/h1-23H. The van der Waals surface area contributed by atoms with Crippen molar-refractivity contribution >= 4 is 42.4 Å². The maximum Gasteiger partial charge on any atom is 0.0786 e. The van der Waals surface area contributed by atoms with Gasteiger partial charge in [0.25, 0.3) is 0 Å². The largest absolute Gasteiger partial charge is 0.256 e. The Hall–Kier alpha value is -5.05. The first-order valence-electron chi connectivity index (χ1n) is 14.0. The molecule has 0 atom stereocenters. The van der Waals surface area contributed by atoms with Crippen molar-refractivity contribution in [3.05, 3.63) is 140 Å². The van der Waals surface area contributed by atoms with Crippen molar-refractivity contribution in [1.29, 1.82) is 0 Å². The van der Waals surface area contributed by atoms with Gasteiger partial charge in [-0.1, -0.05) is 115 Å². The van der Waals surface area contributed by atoms with Crippen molar-refractivity contribution in [2.45, 2.75) is 0 Å². The first-order chi connectivity index (χ1) is 20.3. The van der Waals surface area contributed by atoms with Crippen LogP contribution < -0.4 is 0 Å². The number of rotatable bonds is 1. The molecule has 0 spiro atoms. The molecule has 0 aliphatic heterocycles. The molecule has 1 aliphatic rings. The lowest BCUT2D eigenvalue weighted by Crippen LogP contribution is -1.99. The van der Waals surface area contributed by atoms with Gasteiger partial charge in [0.05, 0.1) is 5.52 Å². The van der Waals surface area contributed by atoms with Crippen LogP contribution in [0.4, 0.5) is 0 Å². The molecule has 0 bridgehead atoms. The van der Waals surface area contributed by atoms with E-state index in [1.54, 1.807) is 0 Å². The molecule has 2 aromatic heterocycles. The topological polar surface area (TPSA) is 12.9 Å². The number of thiophene rings is 1. The molecule has 2 heteroatoms. The van der Waals surface area contributed by atoms with E-state index in [1.165, 1.54) is 75.8 Å². The molecular formula is C39H23NS. The monoisotopic (exact) mass is 537 g/mol. The molecule has 0 unspecified atom stereocenters. The number of hydrogen-bond donors (Lipinski definition) is 0. The smallest absolute Gasteiger partial charge is 0.0786 e. The van der Waals surface area contributed by atoms with Crippen molar-refractivity contribution in [3.63, 3.8) is 0 Å². The molecule has 9 rings (SSSR count). The maximum absolute atomic E-state index is 4.90. The maximum atomic E-state index is 4.90. The van der Waals surface area contributed by atoms with Crippen LogP contribution >= 0.6 is 11.3 Å². The Morgan fingerprint density at radius 3 is 1.98 bits per heavy atom. The molecule has 1 nitrogen and oxygen atoms in total. The summed E-state index contributed by atoms with van der Waals surface area (Å²) < 4.78 is 2.67. The second-order valence-electron chi connectivity index (χ2n) is 10.7. The molecule has 0 saturated heterocycles. The molecule has 2 heterocycles. The average molecular weight is 538 g/mol. The highest BCUT2D eigenvalue weighted by Gasteiger charge is 2.24. The molecule has 0 N–H and O–H groups in total. The molecule has 0 amide bonds. The Bertz CT molecular complexity index is 2320. The highest BCUT2D eigenvalue weighted by molar-refractivity contribution is 7.26. The third-order valence-electron chi connectivity index (χ3n) is 8.50. The molecule has 0 radical (unpaired) electrons. The highest BCUT2D eigenvalue weighted by Crippen LogP contribution is 2.50. The lowest BCUT2D eigenvalue weighted by Gasteiger charge is -2.24. The van der Waals surface area contributed by atoms with Crippen LogP contribution in [0.5, 0.6) is 0 Å². The van der Waals surface area contributed by atoms with Gasteiger partial charge in [-0.3, -0.25) is 4.98 Å². The van der Waals surface area contributed by atoms with Crippen LogP contribution in [0, 0.1) is 0 Å². The van der Waals surface area contributed by atoms with Gasteiger partial charge >= 0.3 is 0 Å². The van der Waals surface area contributed by atoms with E-state index in [9.17, 15) is 0 Å². The number of benzene rings is 6. The SMILES string of the molecule is c1ccc2c(c1)-c1cc(-c3cccc4c3sc3ccccc34)ccc1-c1ccccc1-c1c-2ccc2cccnc12. The van der Waals surface area contributed by atoms with Crippen LogP contribution in [0.3, 0.4) is 0 Å². The Morgan fingerprint density at radius 2 is 1.10 bits per heavy atom. The van der Waals surface area contributed by atoms with E-state index in [2.05, 4.69) is 127 Å². The Labute approximate surface area is 242 Å². The van der Waals surface area contributed by atoms with Gasteiger partial charge in [-0.2, -0.15) is 0 Å². The minimum atomic E-state index is 1.05. The first kappa shape index (κ1) is 22.7. The zero-order valence-electron chi connectivity index (χ0n) is 22.1. The Balaban J connectivity index is 1.37. The fraction of sp³-hybridized carbons (Fsp3) is 0. The quantitative estimate of drug-likeness (QED) is 0.203. The summed E-state index contributed by atoms with van der Waals surface area (Å²) in [5.41, 5.74) is 13.5. The number of aromatic nitrogens is 1. The Morgan fingerprint density at radius 1 is 0.439 bits per heavy atom. The lowest BCUT2D eigenvalue weighted by molar-refractivity contribution is 1.41. The third kappa shape index (κ3) is 3.32. The summed E-state index contributed by atoms with van der Waals surface area (Å²) in [7, 11) is 0. The lowest BCUT2D eigenvalue weighted by atomic mass is 9.79. The molecule has 0 saturated carbocycles. The van der Waals surface area contributed by atoms with E-state index in [4.69, 9.17) is 4.98 Å². The zero-order valence-corrected chi connectivity index (χ0v) is 23.0. The molecule has 190 valence electrons. The van der Waals surface area contributed by atoms with E-state index in [1.807, 2.05) is 23.6 Å². The normalized spacial score (nSPS) is 11.9. The summed E-state index contributed by atoms with van der Waals surface area (Å²) in [6.07, 6.45) is 1.91. The van der Waals surface area contributed by atoms with Crippen molar-refractivity contribution in [3.8, 4) is 55.6 Å². The van der Waals surface area contributed by atoms with Gasteiger partial charge in [-0.15, -0.1) is 11.3 Å². The number of hydrogen-bond acceptors (Lipinski definition) is 2. The predicted octanol–water partition coefficient (Wildman–Crippen LogP) is 11.3. The summed E-state index contributed by atoms with van der Waals surface area (Å²) in [6, 6.07) is 48.9. The van der Waals surface area contributed by atoms with Gasteiger partial charge < -0.3 is 0 Å². The van der Waals surface area contributed by atoms with Crippen LogP contribution in [0.15, 0.2) is 140 Å². The fourth-order valence-electron chi connectivity index (χ4n) is 6.68. The van der Waals surface area contributed by atoms with Crippen molar-refractivity contribution in [2.24, 2.45) is 0 Å². The third-order valence-corrected chi connectivity index (χ3v) is 9.72. The van der Waals surface area contributed by atoms with Gasteiger partial charge in [0.2, 0.25) is 0 Å². The summed E-state index contributed by atoms with van der Waals surface area (Å²) >= 11 is 1.89. The molecule has 1 aliphatic carbocycles. The molecular weight excluding hydrogens is 515 g/mol. The summed E-state index contributed by atoms with van der Waals surface area (Å²) in [4.78, 5) is 4.90. The van der Waals surface area contributed by atoms with Crippen LogP contribution in [0.1, 0.15) is 0 Å². The van der Waals surface area contributed by atoms with Gasteiger partial charge in [0.15, 0.2) is 0 Å². The summed E-state index contributed by atoms with van der Waals surface area (Å²) in [6.45, 7) is 0. The minimum absolute atomic E-state index is 1.05. The van der Waals surface area contributed by atoms with E-state index >= 15 is 0 Å². The fourth-order valence-corrected chi connectivity index (χ4v) is 7.91.